The van der Waals surface area contributed by atoms with Gasteiger partial charge in [-0.1, -0.05) is 12.1 Å². The fourth-order valence-electron chi connectivity index (χ4n) is 3.16. The number of imidazole rings is 1. The van der Waals surface area contributed by atoms with Gasteiger partial charge >= 0.3 is 5.69 Å². The number of hydrogen-bond donors (Lipinski definition) is 1. The first-order chi connectivity index (χ1) is 11.7. The minimum Gasteiger partial charge on any atom is -0.320 e. The zero-order valence-electron chi connectivity index (χ0n) is 14.3. The van der Waals surface area contributed by atoms with Crippen molar-refractivity contribution in [2.75, 3.05) is 13.6 Å². The molecule has 0 saturated heterocycles. The van der Waals surface area contributed by atoms with E-state index in [2.05, 4.69) is 5.32 Å². The van der Waals surface area contributed by atoms with Crippen LogP contribution in [0.3, 0.4) is 0 Å². The summed E-state index contributed by atoms with van der Waals surface area (Å²) in [5.74, 6) is 0. The SMILES string of the molecule is CNCCCCc1cccc2c1n(C)c(=O)n2C(C=O)CCC=O. The second-order valence-corrected chi connectivity index (χ2v) is 6.00. The number of hydrogen-bond acceptors (Lipinski definition) is 4. The Morgan fingerprint density at radius 3 is 2.71 bits per heavy atom. The van der Waals surface area contributed by atoms with Crippen LogP contribution in [0.25, 0.3) is 11.0 Å². The molecule has 1 atom stereocenters. The monoisotopic (exact) mass is 331 g/mol. The number of nitrogens with zero attached hydrogens (tertiary/aromatic N) is 2. The number of carbonyl (C=O) groups is 2. The van der Waals surface area contributed by atoms with Crippen LogP contribution < -0.4 is 11.0 Å². The molecule has 1 heterocycles. The zero-order valence-corrected chi connectivity index (χ0v) is 14.3. The maximum absolute atomic E-state index is 12.6. The van der Waals surface area contributed by atoms with Gasteiger partial charge in [0.1, 0.15) is 12.6 Å². The topological polar surface area (TPSA) is 73.1 Å². The lowest BCUT2D eigenvalue weighted by Crippen LogP contribution is -2.27. The molecule has 0 radical (unpaired) electrons. The van der Waals surface area contributed by atoms with Crippen molar-refractivity contribution in [2.24, 2.45) is 7.05 Å². The molecule has 1 unspecified atom stereocenters. The highest BCUT2D eigenvalue weighted by atomic mass is 16.2. The summed E-state index contributed by atoms with van der Waals surface area (Å²) in [4.78, 5) is 34.7. The fourth-order valence-corrected chi connectivity index (χ4v) is 3.16. The van der Waals surface area contributed by atoms with E-state index in [0.717, 1.165) is 55.0 Å². The van der Waals surface area contributed by atoms with Crippen LogP contribution in [0.1, 0.15) is 37.3 Å². The normalized spacial score (nSPS) is 12.4. The van der Waals surface area contributed by atoms with Crippen LogP contribution in [0, 0.1) is 0 Å². The van der Waals surface area contributed by atoms with E-state index in [0.29, 0.717) is 6.42 Å². The minimum absolute atomic E-state index is 0.212. The lowest BCUT2D eigenvalue weighted by molar-refractivity contribution is -0.111. The van der Waals surface area contributed by atoms with Crippen molar-refractivity contribution in [3.05, 3.63) is 34.2 Å². The molecule has 2 rings (SSSR count). The van der Waals surface area contributed by atoms with Crippen molar-refractivity contribution < 1.29 is 9.59 Å². The molecular weight excluding hydrogens is 306 g/mol. The second-order valence-electron chi connectivity index (χ2n) is 6.00. The fraction of sp³-hybridized carbons (Fsp3) is 0.500. The summed E-state index contributed by atoms with van der Waals surface area (Å²) in [5, 5.41) is 3.13. The highest BCUT2D eigenvalue weighted by Crippen LogP contribution is 2.23. The number of benzene rings is 1. The van der Waals surface area contributed by atoms with Crippen molar-refractivity contribution in [3.8, 4) is 0 Å². The van der Waals surface area contributed by atoms with Crippen LogP contribution in [-0.4, -0.2) is 35.3 Å². The van der Waals surface area contributed by atoms with Gasteiger partial charge in [-0.2, -0.15) is 0 Å². The summed E-state index contributed by atoms with van der Waals surface area (Å²) < 4.78 is 3.13. The second kappa shape index (κ2) is 8.59. The summed E-state index contributed by atoms with van der Waals surface area (Å²) in [5.41, 5.74) is 2.54. The van der Waals surface area contributed by atoms with E-state index in [1.807, 2.05) is 25.2 Å². The van der Waals surface area contributed by atoms with E-state index < -0.39 is 6.04 Å². The summed E-state index contributed by atoms with van der Waals surface area (Å²) >= 11 is 0. The Hall–Kier alpha value is -2.21. The van der Waals surface area contributed by atoms with Gasteiger partial charge in [0.25, 0.3) is 0 Å². The Bertz CT molecular complexity index is 761. The van der Waals surface area contributed by atoms with E-state index in [9.17, 15) is 14.4 Å². The number of aromatic nitrogens is 2. The summed E-state index contributed by atoms with van der Waals surface area (Å²) in [7, 11) is 3.67. The molecule has 0 amide bonds. The van der Waals surface area contributed by atoms with Gasteiger partial charge in [-0.15, -0.1) is 0 Å². The maximum Gasteiger partial charge on any atom is 0.329 e. The van der Waals surface area contributed by atoms with Crippen LogP contribution in [-0.2, 0) is 23.1 Å². The van der Waals surface area contributed by atoms with Gasteiger partial charge in [-0.05, 0) is 50.9 Å². The summed E-state index contributed by atoms with van der Waals surface area (Å²) in [6.07, 6.45) is 5.12. The molecule has 0 aliphatic heterocycles. The van der Waals surface area contributed by atoms with Crippen LogP contribution in [0.4, 0.5) is 0 Å². The summed E-state index contributed by atoms with van der Waals surface area (Å²) in [6.45, 7) is 0.967. The number of carbonyl (C=O) groups excluding carboxylic acids is 2. The first-order valence-electron chi connectivity index (χ1n) is 8.38. The lowest BCUT2D eigenvalue weighted by Gasteiger charge is -2.11. The standard InChI is InChI=1S/C18H25N3O3/c1-19-11-4-3-7-14-8-5-10-16-17(14)20(2)18(24)21(16)15(13-23)9-6-12-22/h5,8,10,12-13,15,19H,3-4,6-7,9,11H2,1-2H3. The summed E-state index contributed by atoms with van der Waals surface area (Å²) in [6, 6.07) is 5.22. The molecule has 1 aromatic heterocycles. The van der Waals surface area contributed by atoms with Crippen molar-refractivity contribution in [1.29, 1.82) is 0 Å². The van der Waals surface area contributed by atoms with Gasteiger partial charge in [0.05, 0.1) is 17.1 Å². The molecular formula is C18H25N3O3. The predicted octanol–water partition coefficient (Wildman–Crippen LogP) is 1.60. The van der Waals surface area contributed by atoms with E-state index >= 15 is 0 Å². The maximum atomic E-state index is 12.6. The molecule has 1 N–H and O–H groups in total. The third-order valence-corrected chi connectivity index (χ3v) is 4.38. The van der Waals surface area contributed by atoms with Gasteiger partial charge in [0.2, 0.25) is 0 Å². The van der Waals surface area contributed by atoms with E-state index in [-0.39, 0.29) is 12.1 Å². The van der Waals surface area contributed by atoms with Gasteiger partial charge < -0.3 is 14.9 Å². The first-order valence-corrected chi connectivity index (χ1v) is 8.38. The van der Waals surface area contributed by atoms with Gasteiger partial charge in [-0.3, -0.25) is 9.13 Å². The molecule has 6 nitrogen and oxygen atoms in total. The zero-order chi connectivity index (χ0) is 17.5. The molecule has 0 saturated carbocycles. The number of aryl methyl sites for hydroxylation is 2. The number of rotatable bonds is 10. The average molecular weight is 331 g/mol. The quantitative estimate of drug-likeness (QED) is 0.530. The van der Waals surface area contributed by atoms with Crippen molar-refractivity contribution in [1.82, 2.24) is 14.5 Å². The Morgan fingerprint density at radius 1 is 1.25 bits per heavy atom. The molecule has 0 fully saturated rings. The molecule has 0 aliphatic rings. The molecule has 2 aromatic rings. The number of fused-ring (bicyclic) bond motifs is 1. The Balaban J connectivity index is 2.44. The number of nitrogens with one attached hydrogen (secondary N) is 1. The molecule has 6 heteroatoms. The number of para-hydroxylation sites is 1. The third-order valence-electron chi connectivity index (χ3n) is 4.38. The smallest absolute Gasteiger partial charge is 0.320 e. The average Bonchev–Trinajstić information content (AvgIpc) is 2.85. The number of unbranched alkanes of at least 4 members (excludes halogenated alkanes) is 1. The third kappa shape index (κ3) is 3.64. The highest BCUT2D eigenvalue weighted by Gasteiger charge is 2.20. The molecule has 24 heavy (non-hydrogen) atoms. The largest absolute Gasteiger partial charge is 0.329 e. The highest BCUT2D eigenvalue weighted by molar-refractivity contribution is 5.81. The van der Waals surface area contributed by atoms with Crippen molar-refractivity contribution >= 4 is 23.6 Å². The van der Waals surface area contributed by atoms with Crippen molar-refractivity contribution in [2.45, 2.75) is 38.1 Å². The first kappa shape index (κ1) is 18.1. The molecule has 0 bridgehead atoms. The van der Waals surface area contributed by atoms with Crippen LogP contribution in [0.5, 0.6) is 0 Å². The van der Waals surface area contributed by atoms with E-state index in [4.69, 9.17) is 0 Å². The van der Waals surface area contributed by atoms with Gasteiger partial charge in [-0.25, -0.2) is 4.79 Å². The van der Waals surface area contributed by atoms with E-state index in [1.165, 1.54) is 4.57 Å². The Morgan fingerprint density at radius 2 is 2.04 bits per heavy atom. The molecule has 130 valence electrons. The molecule has 1 aromatic carbocycles. The van der Waals surface area contributed by atoms with Gasteiger partial charge in [0.15, 0.2) is 0 Å². The predicted molar refractivity (Wildman–Crippen MR) is 94.4 cm³/mol. The molecule has 0 spiro atoms. The van der Waals surface area contributed by atoms with Crippen LogP contribution in [0.15, 0.2) is 23.0 Å². The van der Waals surface area contributed by atoms with Crippen LogP contribution in [0.2, 0.25) is 0 Å². The van der Waals surface area contributed by atoms with Gasteiger partial charge in [0, 0.05) is 13.5 Å². The number of aldehydes is 2. The lowest BCUT2D eigenvalue weighted by atomic mass is 10.1. The Labute approximate surface area is 141 Å². The molecule has 0 aliphatic carbocycles. The van der Waals surface area contributed by atoms with Crippen LogP contribution >= 0.6 is 0 Å². The van der Waals surface area contributed by atoms with E-state index in [1.54, 1.807) is 11.6 Å². The Kier molecular flexibility index (Phi) is 6.49. The van der Waals surface area contributed by atoms with Crippen molar-refractivity contribution in [3.63, 3.8) is 0 Å². The minimum atomic E-state index is -0.606.